The molecule has 1 amide bonds. The Kier molecular flexibility index (Phi) is 5.12. The fourth-order valence-corrected chi connectivity index (χ4v) is 1.39. The molecule has 18 heavy (non-hydrogen) atoms. The Morgan fingerprint density at radius 3 is 2.89 bits per heavy atom. The SMILES string of the molecule is CCC(C)NC(=O)CNc1cccc(F)c1C#N. The van der Waals surface area contributed by atoms with E-state index >= 15 is 0 Å². The highest BCUT2D eigenvalue weighted by atomic mass is 19.1. The fraction of sp³-hybridized carbons (Fsp3) is 0.385. The van der Waals surface area contributed by atoms with Gasteiger partial charge in [-0.05, 0) is 25.5 Å². The normalized spacial score (nSPS) is 11.4. The molecule has 0 aromatic heterocycles. The number of nitriles is 1. The van der Waals surface area contributed by atoms with E-state index in [4.69, 9.17) is 5.26 Å². The lowest BCUT2D eigenvalue weighted by atomic mass is 10.2. The average Bonchev–Trinajstić information content (AvgIpc) is 2.36. The molecule has 2 N–H and O–H groups in total. The summed E-state index contributed by atoms with van der Waals surface area (Å²) < 4.78 is 13.3. The van der Waals surface area contributed by atoms with E-state index < -0.39 is 5.82 Å². The predicted octanol–water partition coefficient (Wildman–Crippen LogP) is 2.02. The topological polar surface area (TPSA) is 64.9 Å². The Morgan fingerprint density at radius 1 is 1.56 bits per heavy atom. The molecule has 0 spiro atoms. The van der Waals surface area contributed by atoms with Crippen molar-refractivity contribution in [2.24, 2.45) is 0 Å². The summed E-state index contributed by atoms with van der Waals surface area (Å²) >= 11 is 0. The fourth-order valence-electron chi connectivity index (χ4n) is 1.39. The van der Waals surface area contributed by atoms with E-state index in [0.29, 0.717) is 5.69 Å². The third-order valence-electron chi connectivity index (χ3n) is 2.58. The molecule has 0 aliphatic rings. The van der Waals surface area contributed by atoms with Gasteiger partial charge in [0.05, 0.1) is 12.2 Å². The van der Waals surface area contributed by atoms with Crippen molar-refractivity contribution in [3.63, 3.8) is 0 Å². The third-order valence-corrected chi connectivity index (χ3v) is 2.58. The molecule has 5 heteroatoms. The Labute approximate surface area is 106 Å². The maximum absolute atomic E-state index is 13.3. The highest BCUT2D eigenvalue weighted by Crippen LogP contribution is 2.17. The summed E-state index contributed by atoms with van der Waals surface area (Å²) in [6.45, 7) is 3.89. The lowest BCUT2D eigenvalue weighted by molar-refractivity contribution is -0.120. The largest absolute Gasteiger partial charge is 0.375 e. The second-order valence-corrected chi connectivity index (χ2v) is 4.00. The van der Waals surface area contributed by atoms with Crippen LogP contribution in [0.2, 0.25) is 0 Å². The summed E-state index contributed by atoms with van der Waals surface area (Å²) in [5.41, 5.74) is 0.255. The predicted molar refractivity (Wildman–Crippen MR) is 67.5 cm³/mol. The number of hydrogen-bond donors (Lipinski definition) is 2. The van der Waals surface area contributed by atoms with Crippen LogP contribution in [0.25, 0.3) is 0 Å². The van der Waals surface area contributed by atoms with E-state index in [1.54, 1.807) is 12.1 Å². The number of benzene rings is 1. The first-order chi connectivity index (χ1) is 8.58. The Balaban J connectivity index is 2.62. The van der Waals surface area contributed by atoms with Crippen LogP contribution in [0.3, 0.4) is 0 Å². The number of rotatable bonds is 5. The van der Waals surface area contributed by atoms with Crippen molar-refractivity contribution in [3.8, 4) is 6.07 Å². The van der Waals surface area contributed by atoms with E-state index in [1.165, 1.54) is 12.1 Å². The van der Waals surface area contributed by atoms with Gasteiger partial charge in [-0.1, -0.05) is 13.0 Å². The standard InChI is InChI=1S/C13H16FN3O/c1-3-9(2)17-13(18)8-16-12-6-4-5-11(14)10(12)7-15/h4-6,9,16H,3,8H2,1-2H3,(H,17,18). The van der Waals surface area contributed by atoms with E-state index in [2.05, 4.69) is 10.6 Å². The van der Waals surface area contributed by atoms with Crippen molar-refractivity contribution in [1.82, 2.24) is 5.32 Å². The second kappa shape index (κ2) is 6.60. The molecule has 1 aromatic rings. The zero-order chi connectivity index (χ0) is 13.5. The second-order valence-electron chi connectivity index (χ2n) is 4.00. The zero-order valence-electron chi connectivity index (χ0n) is 10.5. The van der Waals surface area contributed by atoms with Crippen LogP contribution in [0.5, 0.6) is 0 Å². The van der Waals surface area contributed by atoms with Crippen LogP contribution < -0.4 is 10.6 Å². The number of amides is 1. The first kappa shape index (κ1) is 14.0. The van der Waals surface area contributed by atoms with Crippen LogP contribution in [-0.2, 0) is 4.79 Å². The minimum Gasteiger partial charge on any atom is -0.375 e. The van der Waals surface area contributed by atoms with Gasteiger partial charge in [0.25, 0.3) is 0 Å². The average molecular weight is 249 g/mol. The lowest BCUT2D eigenvalue weighted by Gasteiger charge is -2.13. The summed E-state index contributed by atoms with van der Waals surface area (Å²) in [6.07, 6.45) is 0.842. The van der Waals surface area contributed by atoms with Crippen molar-refractivity contribution in [3.05, 3.63) is 29.6 Å². The van der Waals surface area contributed by atoms with Gasteiger partial charge >= 0.3 is 0 Å². The van der Waals surface area contributed by atoms with Crippen molar-refractivity contribution in [1.29, 1.82) is 5.26 Å². The number of halogens is 1. The zero-order valence-corrected chi connectivity index (χ0v) is 10.5. The first-order valence-electron chi connectivity index (χ1n) is 5.80. The summed E-state index contributed by atoms with van der Waals surface area (Å²) in [5.74, 6) is -0.776. The van der Waals surface area contributed by atoms with Crippen molar-refractivity contribution in [2.75, 3.05) is 11.9 Å². The summed E-state index contributed by atoms with van der Waals surface area (Å²) in [5, 5.41) is 14.4. The molecule has 1 rings (SSSR count). The molecule has 0 fully saturated rings. The van der Waals surface area contributed by atoms with Gasteiger partial charge in [-0.2, -0.15) is 5.26 Å². The molecule has 1 aromatic carbocycles. The molecule has 0 radical (unpaired) electrons. The molecule has 0 saturated heterocycles. The molecular formula is C13H16FN3O. The van der Waals surface area contributed by atoms with Gasteiger partial charge in [-0.25, -0.2) is 4.39 Å². The molecule has 0 aliphatic heterocycles. The Hall–Kier alpha value is -2.09. The van der Waals surface area contributed by atoms with Gasteiger partial charge in [-0.3, -0.25) is 4.79 Å². The molecule has 0 aliphatic carbocycles. The van der Waals surface area contributed by atoms with Crippen LogP contribution in [-0.4, -0.2) is 18.5 Å². The summed E-state index contributed by atoms with van der Waals surface area (Å²) in [4.78, 5) is 11.5. The van der Waals surface area contributed by atoms with Gasteiger partial charge in [0, 0.05) is 6.04 Å². The third kappa shape index (κ3) is 3.74. The van der Waals surface area contributed by atoms with Crippen LogP contribution in [0.4, 0.5) is 10.1 Å². The van der Waals surface area contributed by atoms with E-state index in [-0.39, 0.29) is 24.1 Å². The highest BCUT2D eigenvalue weighted by molar-refractivity contribution is 5.81. The summed E-state index contributed by atoms with van der Waals surface area (Å²) in [6, 6.07) is 6.14. The Morgan fingerprint density at radius 2 is 2.28 bits per heavy atom. The van der Waals surface area contributed by atoms with Crippen LogP contribution in [0, 0.1) is 17.1 Å². The van der Waals surface area contributed by atoms with E-state index in [9.17, 15) is 9.18 Å². The minimum atomic E-state index is -0.593. The van der Waals surface area contributed by atoms with Gasteiger partial charge < -0.3 is 10.6 Å². The van der Waals surface area contributed by atoms with Crippen molar-refractivity contribution >= 4 is 11.6 Å². The maximum atomic E-state index is 13.3. The smallest absolute Gasteiger partial charge is 0.239 e. The summed E-state index contributed by atoms with van der Waals surface area (Å²) in [7, 11) is 0. The quantitative estimate of drug-likeness (QED) is 0.839. The molecule has 4 nitrogen and oxygen atoms in total. The monoisotopic (exact) mass is 249 g/mol. The molecule has 0 heterocycles. The van der Waals surface area contributed by atoms with Gasteiger partial charge in [0.15, 0.2) is 0 Å². The number of hydrogen-bond acceptors (Lipinski definition) is 3. The van der Waals surface area contributed by atoms with Crippen LogP contribution in [0.15, 0.2) is 18.2 Å². The van der Waals surface area contributed by atoms with Gasteiger partial charge in [-0.15, -0.1) is 0 Å². The molecule has 0 saturated carbocycles. The number of carbonyl (C=O) groups is 1. The first-order valence-corrected chi connectivity index (χ1v) is 5.80. The van der Waals surface area contributed by atoms with E-state index in [1.807, 2.05) is 13.8 Å². The van der Waals surface area contributed by atoms with Crippen molar-refractivity contribution < 1.29 is 9.18 Å². The van der Waals surface area contributed by atoms with Gasteiger partial charge in [0.2, 0.25) is 5.91 Å². The number of carbonyl (C=O) groups excluding carboxylic acids is 1. The molecule has 1 atom stereocenters. The van der Waals surface area contributed by atoms with E-state index in [0.717, 1.165) is 6.42 Å². The molecule has 0 bridgehead atoms. The molecule has 1 unspecified atom stereocenters. The maximum Gasteiger partial charge on any atom is 0.239 e. The Bertz CT molecular complexity index is 468. The minimum absolute atomic E-state index is 0.0163. The number of nitrogens with one attached hydrogen (secondary N) is 2. The van der Waals surface area contributed by atoms with Crippen LogP contribution in [0.1, 0.15) is 25.8 Å². The number of nitrogens with zero attached hydrogens (tertiary/aromatic N) is 1. The van der Waals surface area contributed by atoms with Crippen LogP contribution >= 0.6 is 0 Å². The lowest BCUT2D eigenvalue weighted by Crippen LogP contribution is -2.36. The molecule has 96 valence electrons. The van der Waals surface area contributed by atoms with Crippen molar-refractivity contribution in [2.45, 2.75) is 26.3 Å². The highest BCUT2D eigenvalue weighted by Gasteiger charge is 2.09. The number of anilines is 1. The van der Waals surface area contributed by atoms with Gasteiger partial charge in [0.1, 0.15) is 17.4 Å². The molecular weight excluding hydrogens is 233 g/mol.